The number of rotatable bonds is 5. The molecule has 1 spiro atoms. The first-order valence-electron chi connectivity index (χ1n) is 8.69. The van der Waals surface area contributed by atoms with E-state index in [9.17, 15) is 0 Å². The van der Waals surface area contributed by atoms with Gasteiger partial charge < -0.3 is 19.7 Å². The average molecular weight is 328 g/mol. The monoisotopic (exact) mass is 328 g/mol. The van der Waals surface area contributed by atoms with Crippen LogP contribution in [0.1, 0.15) is 38.7 Å². The highest BCUT2D eigenvalue weighted by Crippen LogP contribution is 2.51. The predicted molar refractivity (Wildman–Crippen MR) is 100 cm³/mol. The highest BCUT2D eigenvalue weighted by atomic mass is 16.7. The molecule has 2 aliphatic heterocycles. The maximum absolute atomic E-state index is 6.12. The molecule has 0 aliphatic carbocycles. The first kappa shape index (κ1) is 18.4. The summed E-state index contributed by atoms with van der Waals surface area (Å²) < 4.78 is 12.2. The van der Waals surface area contributed by atoms with Crippen molar-refractivity contribution in [2.75, 3.05) is 36.5 Å². The van der Waals surface area contributed by atoms with Crippen molar-refractivity contribution in [3.8, 4) is 12.8 Å². The summed E-state index contributed by atoms with van der Waals surface area (Å²) >= 11 is 0. The number of hydrogen-bond donors (Lipinski definition) is 1. The van der Waals surface area contributed by atoms with Gasteiger partial charge in [0, 0.05) is 24.3 Å². The summed E-state index contributed by atoms with van der Waals surface area (Å²) in [5, 5.41) is 3.37. The molecule has 4 heteroatoms. The molecule has 1 fully saturated rings. The summed E-state index contributed by atoms with van der Waals surface area (Å²) in [5.41, 5.74) is 4.28. The van der Waals surface area contributed by atoms with Gasteiger partial charge in [-0.2, -0.15) is 0 Å². The molecule has 0 aromatic heterocycles. The first-order chi connectivity index (χ1) is 11.7. The Kier molecular flexibility index (Phi) is 6.30. The summed E-state index contributed by atoms with van der Waals surface area (Å²) in [5.74, 6) is -0.785. The lowest BCUT2D eigenvalue weighted by Gasteiger charge is -2.36. The minimum Gasteiger partial charge on any atom is -0.385 e. The van der Waals surface area contributed by atoms with Gasteiger partial charge in [0.05, 0.1) is 24.6 Å². The Morgan fingerprint density at radius 3 is 2.58 bits per heavy atom. The molecule has 0 amide bonds. The largest absolute Gasteiger partial charge is 0.385 e. The normalized spacial score (nSPS) is 18.0. The molecule has 1 N–H and O–H groups in total. The van der Waals surface area contributed by atoms with Crippen LogP contribution in [0.5, 0.6) is 0 Å². The van der Waals surface area contributed by atoms with Gasteiger partial charge in [-0.25, -0.2) is 0 Å². The number of ether oxygens (including phenoxy) is 2. The maximum Gasteiger partial charge on any atom is 0.239 e. The second-order valence-corrected chi connectivity index (χ2v) is 5.88. The molecule has 1 aromatic carbocycles. The number of benzene rings is 1. The van der Waals surface area contributed by atoms with Gasteiger partial charge in [0.15, 0.2) is 0 Å². The molecular formula is C20H28N2O2. The van der Waals surface area contributed by atoms with Crippen LogP contribution < -0.4 is 10.2 Å². The highest BCUT2D eigenvalue weighted by Gasteiger charge is 2.50. The van der Waals surface area contributed by atoms with E-state index in [-0.39, 0.29) is 0 Å². The van der Waals surface area contributed by atoms with E-state index in [2.05, 4.69) is 61.7 Å². The Labute approximate surface area is 145 Å². The lowest BCUT2D eigenvalue weighted by molar-refractivity contribution is -0.248. The van der Waals surface area contributed by atoms with Gasteiger partial charge in [-0.3, -0.25) is 0 Å². The summed E-state index contributed by atoms with van der Waals surface area (Å²) in [7, 11) is 0. The van der Waals surface area contributed by atoms with Crippen molar-refractivity contribution in [2.24, 2.45) is 0 Å². The van der Waals surface area contributed by atoms with Crippen molar-refractivity contribution in [3.63, 3.8) is 0 Å². The number of unbranched alkanes of at least 4 members (excludes halogenated alkanes) is 1. The van der Waals surface area contributed by atoms with Crippen LogP contribution in [-0.4, -0.2) is 26.3 Å². The number of anilines is 2. The summed E-state index contributed by atoms with van der Waals surface area (Å²) in [6, 6.07) is 6.43. The van der Waals surface area contributed by atoms with E-state index >= 15 is 0 Å². The van der Waals surface area contributed by atoms with E-state index in [1.54, 1.807) is 0 Å². The fourth-order valence-corrected chi connectivity index (χ4v) is 3.25. The van der Waals surface area contributed by atoms with Crippen molar-refractivity contribution in [2.45, 2.75) is 38.9 Å². The second kappa shape index (κ2) is 8.23. The van der Waals surface area contributed by atoms with Gasteiger partial charge in [0.1, 0.15) is 0 Å². The molecule has 2 aliphatic rings. The molecule has 1 aromatic rings. The molecule has 0 radical (unpaired) electrons. The quantitative estimate of drug-likeness (QED) is 0.826. The van der Waals surface area contributed by atoms with Crippen LogP contribution in [0, 0.1) is 12.8 Å². The lowest BCUT2D eigenvalue weighted by Crippen LogP contribution is -2.40. The zero-order valence-electron chi connectivity index (χ0n) is 14.8. The second-order valence-electron chi connectivity index (χ2n) is 5.88. The van der Waals surface area contributed by atoms with Gasteiger partial charge in [0.25, 0.3) is 0 Å². The summed E-state index contributed by atoms with van der Waals surface area (Å²) in [6.45, 7) is 11.9. The van der Waals surface area contributed by atoms with Crippen LogP contribution in [0.2, 0.25) is 0 Å². The van der Waals surface area contributed by atoms with E-state index in [1.807, 2.05) is 0 Å². The molecule has 0 saturated carbocycles. The number of hydrogen-bond acceptors (Lipinski definition) is 4. The smallest absolute Gasteiger partial charge is 0.239 e. The topological polar surface area (TPSA) is 33.7 Å². The fourth-order valence-electron chi connectivity index (χ4n) is 3.25. The van der Waals surface area contributed by atoms with Crippen LogP contribution in [0.15, 0.2) is 30.5 Å². The number of nitrogens with zero attached hydrogens (tertiary/aromatic N) is 1. The van der Waals surface area contributed by atoms with E-state index in [0.29, 0.717) is 13.2 Å². The number of nitrogens with one attached hydrogen (secondary N) is 1. The Bertz CT molecular complexity index is 589. The van der Waals surface area contributed by atoms with E-state index < -0.39 is 5.79 Å². The fraction of sp³-hybridized carbons (Fsp3) is 0.500. The molecule has 24 heavy (non-hydrogen) atoms. The highest BCUT2D eigenvalue weighted by molar-refractivity contribution is 5.72. The maximum atomic E-state index is 6.12. The van der Waals surface area contributed by atoms with Gasteiger partial charge in [-0.1, -0.05) is 19.9 Å². The minimum atomic E-state index is -0.785. The molecular weight excluding hydrogens is 300 g/mol. The Balaban J connectivity index is 0.00000100. The Morgan fingerprint density at radius 2 is 1.96 bits per heavy atom. The summed E-state index contributed by atoms with van der Waals surface area (Å²) in [4.78, 5) is 2.26. The molecule has 0 unspecified atom stereocenters. The van der Waals surface area contributed by atoms with Crippen LogP contribution >= 0.6 is 0 Å². The zero-order chi connectivity index (χ0) is 17.6. The third-order valence-electron chi connectivity index (χ3n) is 4.36. The molecule has 0 bridgehead atoms. The number of fused-ring (bicyclic) bond motifs is 2. The molecule has 3 rings (SSSR count). The molecule has 4 nitrogen and oxygen atoms in total. The minimum absolute atomic E-state index is 0.714. The Morgan fingerprint density at radius 1 is 1.25 bits per heavy atom. The van der Waals surface area contributed by atoms with E-state index in [0.717, 1.165) is 49.3 Å². The van der Waals surface area contributed by atoms with Gasteiger partial charge in [0.2, 0.25) is 5.79 Å². The zero-order valence-corrected chi connectivity index (χ0v) is 14.8. The molecule has 2 heterocycles. The third kappa shape index (κ3) is 3.15. The van der Waals surface area contributed by atoms with Crippen molar-refractivity contribution in [1.82, 2.24) is 0 Å². The van der Waals surface area contributed by atoms with Crippen molar-refractivity contribution < 1.29 is 9.47 Å². The lowest BCUT2D eigenvalue weighted by atomic mass is 10.0. The molecule has 130 valence electrons. The van der Waals surface area contributed by atoms with Crippen molar-refractivity contribution in [1.29, 1.82) is 0 Å². The average Bonchev–Trinajstić information content (AvgIpc) is 2.85. The predicted octanol–water partition coefficient (Wildman–Crippen LogP) is 4.09. The molecule has 0 atom stereocenters. The standard InChI is InChI=1S/C18H26N2O2.C2H2/c1-4-6-10-20-14(3)18(21-11-7-12-22-18)16-13-15(19-5-2)8-9-17(16)20;1-2/h8-9,13,19H,3-7,10-12H2,1-2H3;1-2H. The van der Waals surface area contributed by atoms with E-state index in [4.69, 9.17) is 9.47 Å². The third-order valence-corrected chi connectivity index (χ3v) is 4.36. The summed E-state index contributed by atoms with van der Waals surface area (Å²) in [6.07, 6.45) is 11.2. The van der Waals surface area contributed by atoms with Crippen LogP contribution in [0.4, 0.5) is 11.4 Å². The van der Waals surface area contributed by atoms with Gasteiger partial charge in [-0.15, -0.1) is 12.8 Å². The van der Waals surface area contributed by atoms with E-state index in [1.165, 1.54) is 5.69 Å². The van der Waals surface area contributed by atoms with Crippen LogP contribution in [0.3, 0.4) is 0 Å². The van der Waals surface area contributed by atoms with Crippen LogP contribution in [-0.2, 0) is 15.3 Å². The molecule has 1 saturated heterocycles. The van der Waals surface area contributed by atoms with Crippen molar-refractivity contribution in [3.05, 3.63) is 36.0 Å². The SMILES string of the molecule is C#C.C=C1N(CCCC)c2ccc(NCC)cc2C12OCCCO2. The van der Waals surface area contributed by atoms with Gasteiger partial charge >= 0.3 is 0 Å². The first-order valence-corrected chi connectivity index (χ1v) is 8.69. The van der Waals surface area contributed by atoms with Crippen LogP contribution in [0.25, 0.3) is 0 Å². The Hall–Kier alpha value is -1.96. The van der Waals surface area contributed by atoms with Gasteiger partial charge in [-0.05, 0) is 38.0 Å². The van der Waals surface area contributed by atoms with Crippen molar-refractivity contribution >= 4 is 11.4 Å². The number of terminal acetylenes is 1.